The van der Waals surface area contributed by atoms with Crippen LogP contribution in [-0.4, -0.2) is 71.1 Å². The molecule has 0 aliphatic carbocycles. The summed E-state index contributed by atoms with van der Waals surface area (Å²) in [4.78, 5) is 21.8. The Bertz CT molecular complexity index is 1690. The SMILES string of the molecule is Cc1nn(C)cc1C(=O)N1CCN(c2ccc(-c3cc(-c4cnn(C)c4)cn4ncc(C#N)c34)cn2)CC1. The van der Waals surface area contributed by atoms with Crippen LogP contribution in [0.4, 0.5) is 5.82 Å². The summed E-state index contributed by atoms with van der Waals surface area (Å²) in [6.07, 6.45) is 10.9. The summed E-state index contributed by atoms with van der Waals surface area (Å²) < 4.78 is 5.17. The number of nitriles is 1. The second-order valence-electron chi connectivity index (χ2n) is 9.49. The second kappa shape index (κ2) is 9.15. The first-order valence-electron chi connectivity index (χ1n) is 12.3. The molecule has 1 aliphatic heterocycles. The third-order valence-electron chi connectivity index (χ3n) is 6.96. The van der Waals surface area contributed by atoms with E-state index in [1.807, 2.05) is 56.6 Å². The summed E-state index contributed by atoms with van der Waals surface area (Å²) in [5.41, 5.74) is 6.32. The zero-order valence-electron chi connectivity index (χ0n) is 21.4. The average molecular weight is 507 g/mol. The Hall–Kier alpha value is -4.98. The van der Waals surface area contributed by atoms with Crippen LogP contribution < -0.4 is 4.90 Å². The molecule has 1 fully saturated rings. The van der Waals surface area contributed by atoms with E-state index in [4.69, 9.17) is 4.98 Å². The Balaban J connectivity index is 1.25. The lowest BCUT2D eigenvalue weighted by Gasteiger charge is -2.35. The van der Waals surface area contributed by atoms with Gasteiger partial charge in [-0.1, -0.05) is 0 Å². The van der Waals surface area contributed by atoms with Crippen molar-refractivity contribution in [3.05, 3.63) is 72.2 Å². The van der Waals surface area contributed by atoms with Crippen molar-refractivity contribution in [2.45, 2.75) is 6.92 Å². The number of fused-ring (bicyclic) bond motifs is 1. The van der Waals surface area contributed by atoms with Gasteiger partial charge in [0.2, 0.25) is 0 Å². The molecule has 0 N–H and O–H groups in total. The van der Waals surface area contributed by atoms with Gasteiger partial charge in [0.05, 0.1) is 34.7 Å². The van der Waals surface area contributed by atoms with E-state index < -0.39 is 0 Å². The number of hydrogen-bond acceptors (Lipinski definition) is 7. The molecule has 38 heavy (non-hydrogen) atoms. The molecule has 6 rings (SSSR count). The van der Waals surface area contributed by atoms with Gasteiger partial charge in [0.25, 0.3) is 5.91 Å². The van der Waals surface area contributed by atoms with E-state index in [-0.39, 0.29) is 5.91 Å². The van der Waals surface area contributed by atoms with Gasteiger partial charge in [-0.2, -0.15) is 20.6 Å². The Morgan fingerprint density at radius 2 is 1.74 bits per heavy atom. The summed E-state index contributed by atoms with van der Waals surface area (Å²) in [5, 5.41) is 22.7. The van der Waals surface area contributed by atoms with Crippen LogP contribution in [0, 0.1) is 18.3 Å². The minimum absolute atomic E-state index is 0.0187. The van der Waals surface area contributed by atoms with Crippen LogP contribution in [0.25, 0.3) is 27.8 Å². The van der Waals surface area contributed by atoms with Crippen molar-refractivity contribution < 1.29 is 4.79 Å². The van der Waals surface area contributed by atoms with Gasteiger partial charge in [-0.15, -0.1) is 0 Å². The van der Waals surface area contributed by atoms with Gasteiger partial charge in [-0.25, -0.2) is 9.50 Å². The number of piperazine rings is 1. The summed E-state index contributed by atoms with van der Waals surface area (Å²) in [6, 6.07) is 8.32. The number of aromatic nitrogens is 7. The highest BCUT2D eigenvalue weighted by Crippen LogP contribution is 2.32. The molecule has 0 saturated carbocycles. The number of aryl methyl sites for hydroxylation is 3. The van der Waals surface area contributed by atoms with Crippen LogP contribution in [0.3, 0.4) is 0 Å². The molecule has 5 aromatic heterocycles. The van der Waals surface area contributed by atoms with Gasteiger partial charge in [0, 0.05) is 87.3 Å². The highest BCUT2D eigenvalue weighted by Gasteiger charge is 2.25. The van der Waals surface area contributed by atoms with Crippen LogP contribution in [0.15, 0.2) is 55.4 Å². The van der Waals surface area contributed by atoms with Crippen molar-refractivity contribution in [3.8, 4) is 28.3 Å². The summed E-state index contributed by atoms with van der Waals surface area (Å²) in [7, 11) is 3.70. The molecule has 5 aromatic rings. The van der Waals surface area contributed by atoms with Crippen molar-refractivity contribution in [3.63, 3.8) is 0 Å². The zero-order chi connectivity index (χ0) is 26.4. The maximum Gasteiger partial charge on any atom is 0.257 e. The van der Waals surface area contributed by atoms with E-state index in [2.05, 4.69) is 32.3 Å². The average Bonchev–Trinajstić information content (AvgIpc) is 3.65. The molecular formula is C27H26N10O. The van der Waals surface area contributed by atoms with Crippen molar-refractivity contribution in [2.24, 2.45) is 14.1 Å². The minimum Gasteiger partial charge on any atom is -0.353 e. The van der Waals surface area contributed by atoms with Crippen molar-refractivity contribution >= 4 is 17.2 Å². The van der Waals surface area contributed by atoms with Gasteiger partial charge in [-0.3, -0.25) is 14.2 Å². The molecule has 1 amide bonds. The first-order valence-corrected chi connectivity index (χ1v) is 12.3. The highest BCUT2D eigenvalue weighted by molar-refractivity contribution is 5.95. The fraction of sp³-hybridized carbons (Fsp3) is 0.259. The fourth-order valence-corrected chi connectivity index (χ4v) is 5.00. The second-order valence-corrected chi connectivity index (χ2v) is 9.49. The predicted octanol–water partition coefficient (Wildman–Crippen LogP) is 2.67. The monoisotopic (exact) mass is 506 g/mol. The molecule has 11 heteroatoms. The Morgan fingerprint density at radius 1 is 0.921 bits per heavy atom. The number of carbonyl (C=O) groups is 1. The van der Waals surface area contributed by atoms with Crippen LogP contribution in [0.1, 0.15) is 21.6 Å². The number of pyridine rings is 2. The first kappa shape index (κ1) is 23.4. The van der Waals surface area contributed by atoms with E-state index in [9.17, 15) is 10.1 Å². The van der Waals surface area contributed by atoms with Gasteiger partial charge in [-0.05, 0) is 25.1 Å². The topological polar surface area (TPSA) is 113 Å². The van der Waals surface area contributed by atoms with Crippen molar-refractivity contribution in [1.82, 2.24) is 39.1 Å². The number of amides is 1. The number of rotatable bonds is 4. The minimum atomic E-state index is 0.0187. The molecule has 1 saturated heterocycles. The number of carbonyl (C=O) groups excluding carboxylic acids is 1. The molecule has 0 bridgehead atoms. The number of anilines is 1. The van der Waals surface area contributed by atoms with Crippen LogP contribution in [0.5, 0.6) is 0 Å². The van der Waals surface area contributed by atoms with E-state index in [0.717, 1.165) is 39.3 Å². The van der Waals surface area contributed by atoms with E-state index in [1.54, 1.807) is 32.5 Å². The zero-order valence-corrected chi connectivity index (χ0v) is 21.4. The van der Waals surface area contributed by atoms with Crippen molar-refractivity contribution in [2.75, 3.05) is 31.1 Å². The quantitative estimate of drug-likeness (QED) is 0.368. The Kier molecular flexibility index (Phi) is 5.64. The summed E-state index contributed by atoms with van der Waals surface area (Å²) in [6.45, 7) is 4.48. The van der Waals surface area contributed by atoms with Gasteiger partial charge >= 0.3 is 0 Å². The maximum absolute atomic E-state index is 13.0. The lowest BCUT2D eigenvalue weighted by molar-refractivity contribution is 0.0745. The fourth-order valence-electron chi connectivity index (χ4n) is 5.00. The van der Waals surface area contributed by atoms with Crippen molar-refractivity contribution in [1.29, 1.82) is 5.26 Å². The lowest BCUT2D eigenvalue weighted by atomic mass is 10.0. The molecule has 6 heterocycles. The third-order valence-corrected chi connectivity index (χ3v) is 6.96. The molecule has 0 unspecified atom stereocenters. The largest absolute Gasteiger partial charge is 0.353 e. The maximum atomic E-state index is 13.0. The Labute approximate surface area is 219 Å². The standard InChI is InChI=1S/C27H26N10O/c1-18-24(17-34(3)32-18)27(38)36-8-6-35(7-9-36)25-5-4-19(12-29-25)23-10-20(22-14-30-33(2)15-22)16-37-26(23)21(11-28)13-31-37/h4-5,10,12-17H,6-9H2,1-3H3. The first-order chi connectivity index (χ1) is 18.4. The molecule has 0 spiro atoms. The molecule has 11 nitrogen and oxygen atoms in total. The van der Waals surface area contributed by atoms with Crippen LogP contribution >= 0.6 is 0 Å². The van der Waals surface area contributed by atoms with Crippen LogP contribution in [-0.2, 0) is 14.1 Å². The molecular weight excluding hydrogens is 480 g/mol. The van der Waals surface area contributed by atoms with Crippen LogP contribution in [0.2, 0.25) is 0 Å². The molecule has 0 aromatic carbocycles. The smallest absolute Gasteiger partial charge is 0.257 e. The molecule has 1 aliphatic rings. The lowest BCUT2D eigenvalue weighted by Crippen LogP contribution is -2.49. The van der Waals surface area contributed by atoms with Gasteiger partial charge in [0.1, 0.15) is 11.9 Å². The molecule has 190 valence electrons. The predicted molar refractivity (Wildman–Crippen MR) is 141 cm³/mol. The van der Waals surface area contributed by atoms with Gasteiger partial charge in [0.15, 0.2) is 0 Å². The van der Waals surface area contributed by atoms with E-state index in [0.29, 0.717) is 37.3 Å². The normalized spacial score (nSPS) is 13.7. The highest BCUT2D eigenvalue weighted by atomic mass is 16.2. The van der Waals surface area contributed by atoms with Gasteiger partial charge < -0.3 is 9.80 Å². The van der Waals surface area contributed by atoms with E-state index in [1.165, 1.54) is 0 Å². The molecule has 0 atom stereocenters. The van der Waals surface area contributed by atoms with E-state index >= 15 is 0 Å². The summed E-state index contributed by atoms with van der Waals surface area (Å²) >= 11 is 0. The summed E-state index contributed by atoms with van der Waals surface area (Å²) in [5.74, 6) is 0.872. The third kappa shape index (κ3) is 4.06. The number of hydrogen-bond donors (Lipinski definition) is 0. The number of nitrogens with zero attached hydrogens (tertiary/aromatic N) is 10. The Morgan fingerprint density at radius 3 is 2.37 bits per heavy atom. The molecule has 0 radical (unpaired) electrons.